The van der Waals surface area contributed by atoms with Gasteiger partial charge < -0.3 is 14.2 Å². The molecule has 0 radical (unpaired) electrons. The molecular weight excluding hydrogens is 370 g/mol. The van der Waals surface area contributed by atoms with Crippen LogP contribution in [0, 0.1) is 3.70 Å². The van der Waals surface area contributed by atoms with Crippen molar-refractivity contribution in [2.75, 3.05) is 14.2 Å². The Hall–Kier alpha value is -1.26. The van der Waals surface area contributed by atoms with Gasteiger partial charge in [0.2, 0.25) is 0 Å². The molecule has 0 amide bonds. The Bertz CT molecular complexity index is 464. The molecule has 1 aromatic heterocycles. The van der Waals surface area contributed by atoms with Crippen molar-refractivity contribution in [2.24, 2.45) is 0 Å². The van der Waals surface area contributed by atoms with Crippen LogP contribution in [-0.2, 0) is 4.74 Å². The van der Waals surface area contributed by atoms with Crippen molar-refractivity contribution in [3.05, 3.63) is 15.5 Å². The maximum Gasteiger partial charge on any atom is 0.573 e. The predicted molar refractivity (Wildman–Crippen MR) is 61.5 cm³/mol. The third kappa shape index (κ3) is 3.62. The van der Waals surface area contributed by atoms with Crippen molar-refractivity contribution in [2.45, 2.75) is 6.36 Å². The normalized spacial score (nSPS) is 11.0. The lowest BCUT2D eigenvalue weighted by Crippen LogP contribution is -2.19. The van der Waals surface area contributed by atoms with Crippen molar-refractivity contribution in [3.63, 3.8) is 0 Å². The molecule has 0 bridgehead atoms. The number of hydrogen-bond donors (Lipinski definition) is 0. The van der Waals surface area contributed by atoms with Crippen molar-refractivity contribution in [1.29, 1.82) is 0 Å². The van der Waals surface area contributed by atoms with E-state index in [1.165, 1.54) is 29.7 Å². The second-order valence-electron chi connectivity index (χ2n) is 2.87. The Morgan fingerprint density at radius 1 is 1.33 bits per heavy atom. The monoisotopic (exact) mass is 377 g/mol. The quantitative estimate of drug-likeness (QED) is 0.460. The molecule has 0 saturated heterocycles. The zero-order valence-electron chi connectivity index (χ0n) is 9.17. The van der Waals surface area contributed by atoms with Crippen LogP contribution in [0.2, 0.25) is 0 Å². The number of nitrogens with zero attached hydrogens (tertiary/aromatic N) is 1. The van der Waals surface area contributed by atoms with E-state index in [1.807, 2.05) is 0 Å². The zero-order chi connectivity index (χ0) is 13.9. The van der Waals surface area contributed by atoms with Gasteiger partial charge in [0.05, 0.1) is 14.2 Å². The zero-order valence-corrected chi connectivity index (χ0v) is 11.3. The molecule has 5 nitrogen and oxygen atoms in total. The first-order chi connectivity index (χ1) is 8.28. The number of methoxy groups -OCH3 is 2. The second kappa shape index (κ2) is 5.59. The van der Waals surface area contributed by atoms with Crippen LogP contribution in [0.1, 0.15) is 10.5 Å². The van der Waals surface area contributed by atoms with Crippen LogP contribution in [0.4, 0.5) is 13.2 Å². The van der Waals surface area contributed by atoms with Crippen molar-refractivity contribution in [1.82, 2.24) is 4.98 Å². The van der Waals surface area contributed by atoms with Crippen molar-refractivity contribution >= 4 is 28.6 Å². The molecule has 1 aromatic rings. The standard InChI is InChI=1S/C9H7F3INO4/c1-16-4-3-5(18-9(10,11)12)7(13)14-6(4)8(15)17-2/h3H,1-2H3. The predicted octanol–water partition coefficient (Wildman–Crippen LogP) is 2.38. The SMILES string of the molecule is COC(=O)c1nc(I)c(OC(F)(F)F)cc1OC. The first-order valence-corrected chi connectivity index (χ1v) is 5.45. The Morgan fingerprint density at radius 3 is 2.39 bits per heavy atom. The molecule has 0 aliphatic rings. The lowest BCUT2D eigenvalue weighted by Gasteiger charge is -2.13. The molecule has 0 saturated carbocycles. The van der Waals surface area contributed by atoms with Crippen LogP contribution in [0.15, 0.2) is 6.07 Å². The molecule has 0 atom stereocenters. The minimum atomic E-state index is -4.85. The van der Waals surface area contributed by atoms with E-state index < -0.39 is 18.1 Å². The molecule has 100 valence electrons. The number of esters is 1. The van der Waals surface area contributed by atoms with Crippen molar-refractivity contribution in [3.8, 4) is 11.5 Å². The van der Waals surface area contributed by atoms with Crippen LogP contribution >= 0.6 is 22.6 Å². The van der Waals surface area contributed by atoms with Crippen LogP contribution < -0.4 is 9.47 Å². The number of pyridine rings is 1. The maximum absolute atomic E-state index is 12.1. The summed E-state index contributed by atoms with van der Waals surface area (Å²) in [5.41, 5.74) is -0.223. The van der Waals surface area contributed by atoms with Gasteiger partial charge in [0.25, 0.3) is 0 Å². The van der Waals surface area contributed by atoms with Crippen LogP contribution in [0.5, 0.6) is 11.5 Å². The van der Waals surface area contributed by atoms with E-state index in [-0.39, 0.29) is 15.1 Å². The number of aromatic nitrogens is 1. The van der Waals surface area contributed by atoms with Gasteiger partial charge in [-0.3, -0.25) is 0 Å². The Balaban J connectivity index is 3.22. The number of hydrogen-bond acceptors (Lipinski definition) is 5. The Kier molecular flexibility index (Phi) is 4.59. The number of alkyl halides is 3. The fourth-order valence-corrected chi connectivity index (χ4v) is 1.56. The lowest BCUT2D eigenvalue weighted by atomic mass is 10.3. The van der Waals surface area contributed by atoms with Crippen LogP contribution in [0.25, 0.3) is 0 Å². The molecule has 18 heavy (non-hydrogen) atoms. The van der Waals surface area contributed by atoms with E-state index in [0.717, 1.165) is 13.2 Å². The number of rotatable bonds is 3. The highest BCUT2D eigenvalue weighted by Crippen LogP contribution is 2.31. The molecule has 0 unspecified atom stereocenters. The Morgan fingerprint density at radius 2 is 1.94 bits per heavy atom. The third-order valence-corrected chi connectivity index (χ3v) is 2.51. The summed E-state index contributed by atoms with van der Waals surface area (Å²) in [7, 11) is 2.31. The second-order valence-corrected chi connectivity index (χ2v) is 3.89. The van der Waals surface area contributed by atoms with Gasteiger partial charge in [-0.2, -0.15) is 0 Å². The molecule has 0 aliphatic carbocycles. The minimum absolute atomic E-state index is 0.133. The summed E-state index contributed by atoms with van der Waals surface area (Å²) < 4.78 is 49.1. The maximum atomic E-state index is 12.1. The molecule has 1 rings (SSSR count). The van der Waals surface area contributed by atoms with E-state index >= 15 is 0 Å². The molecule has 0 fully saturated rings. The summed E-state index contributed by atoms with van der Waals surface area (Å²) >= 11 is 1.51. The summed E-state index contributed by atoms with van der Waals surface area (Å²) in [4.78, 5) is 15.0. The molecule has 9 heteroatoms. The fraction of sp³-hybridized carbons (Fsp3) is 0.333. The van der Waals surface area contributed by atoms with E-state index in [2.05, 4.69) is 14.5 Å². The highest BCUT2D eigenvalue weighted by atomic mass is 127. The first kappa shape index (κ1) is 14.8. The van der Waals surface area contributed by atoms with Crippen LogP contribution in [-0.4, -0.2) is 31.5 Å². The van der Waals surface area contributed by atoms with Gasteiger partial charge in [0, 0.05) is 6.07 Å². The topological polar surface area (TPSA) is 57.7 Å². The van der Waals surface area contributed by atoms with Gasteiger partial charge in [-0.05, 0) is 22.6 Å². The molecule has 0 spiro atoms. The molecule has 1 heterocycles. The highest BCUT2D eigenvalue weighted by molar-refractivity contribution is 14.1. The van der Waals surface area contributed by atoms with E-state index in [0.29, 0.717) is 0 Å². The molecule has 0 aliphatic heterocycles. The van der Waals surface area contributed by atoms with Gasteiger partial charge in [-0.25, -0.2) is 9.78 Å². The number of carbonyl (C=O) groups excluding carboxylic acids is 1. The highest BCUT2D eigenvalue weighted by Gasteiger charge is 2.33. The summed E-state index contributed by atoms with van der Waals surface area (Å²) in [5, 5.41) is 0. The van der Waals surface area contributed by atoms with Gasteiger partial charge in [0.15, 0.2) is 17.2 Å². The number of carbonyl (C=O) groups is 1. The number of halogens is 4. The summed E-state index contributed by atoms with van der Waals surface area (Å²) in [6.45, 7) is 0. The lowest BCUT2D eigenvalue weighted by molar-refractivity contribution is -0.275. The molecular formula is C9H7F3INO4. The largest absolute Gasteiger partial charge is 0.573 e. The van der Waals surface area contributed by atoms with E-state index in [4.69, 9.17) is 4.74 Å². The van der Waals surface area contributed by atoms with Gasteiger partial charge in [-0.1, -0.05) is 0 Å². The van der Waals surface area contributed by atoms with E-state index in [9.17, 15) is 18.0 Å². The smallest absolute Gasteiger partial charge is 0.494 e. The average Bonchev–Trinajstić information content (AvgIpc) is 2.28. The summed E-state index contributed by atoms with van der Waals surface area (Å²) in [6, 6.07) is 0.925. The van der Waals surface area contributed by atoms with Crippen molar-refractivity contribution < 1.29 is 32.2 Å². The summed E-state index contributed by atoms with van der Waals surface area (Å²) in [5.74, 6) is -1.53. The third-order valence-electron chi connectivity index (χ3n) is 1.73. The van der Waals surface area contributed by atoms with E-state index in [1.54, 1.807) is 0 Å². The molecule has 0 N–H and O–H groups in total. The fourth-order valence-electron chi connectivity index (χ4n) is 1.05. The summed E-state index contributed by atoms with van der Waals surface area (Å²) in [6.07, 6.45) is -4.85. The van der Waals surface area contributed by atoms with Gasteiger partial charge in [-0.15, -0.1) is 13.2 Å². The first-order valence-electron chi connectivity index (χ1n) is 4.37. The Labute approximate surface area is 113 Å². The molecule has 0 aromatic carbocycles. The van der Waals surface area contributed by atoms with Gasteiger partial charge >= 0.3 is 12.3 Å². The van der Waals surface area contributed by atoms with Crippen LogP contribution in [0.3, 0.4) is 0 Å². The number of ether oxygens (including phenoxy) is 3. The minimum Gasteiger partial charge on any atom is -0.494 e. The average molecular weight is 377 g/mol. The van der Waals surface area contributed by atoms with Gasteiger partial charge in [0.1, 0.15) is 3.70 Å².